The van der Waals surface area contributed by atoms with E-state index in [1.165, 1.54) is 96.3 Å². The van der Waals surface area contributed by atoms with Gasteiger partial charge in [-0.2, -0.15) is 0 Å². The predicted molar refractivity (Wildman–Crippen MR) is 145 cm³/mol. The number of hydrogen-bond donors (Lipinski definition) is 0. The second-order valence-electron chi connectivity index (χ2n) is 12.3. The van der Waals surface area contributed by atoms with Gasteiger partial charge in [-0.3, -0.25) is 0 Å². The molecule has 0 saturated heterocycles. The first-order valence-electron chi connectivity index (χ1n) is 15.1. The molecule has 0 bridgehead atoms. The SMILES string of the molecule is CCCC1CCC(c2ccc(CCC3CCC(C4CCC(CCC)CC4)CC3)c(Cl)c2F)CC1. The molecule has 3 saturated carbocycles. The van der Waals surface area contributed by atoms with Crippen molar-refractivity contribution in [1.82, 2.24) is 0 Å². The maximum atomic E-state index is 15.3. The van der Waals surface area contributed by atoms with Gasteiger partial charge in [-0.1, -0.05) is 88.9 Å². The Kier molecular flexibility index (Phi) is 10.2. The van der Waals surface area contributed by atoms with Crippen molar-refractivity contribution in [3.63, 3.8) is 0 Å². The zero-order chi connectivity index (χ0) is 23.9. The molecule has 4 rings (SSSR count). The summed E-state index contributed by atoms with van der Waals surface area (Å²) >= 11 is 6.60. The highest BCUT2D eigenvalue weighted by Crippen LogP contribution is 2.44. The molecule has 0 aliphatic heterocycles. The van der Waals surface area contributed by atoms with E-state index in [0.717, 1.165) is 60.0 Å². The van der Waals surface area contributed by atoms with Crippen LogP contribution in [0.5, 0.6) is 0 Å². The summed E-state index contributed by atoms with van der Waals surface area (Å²) < 4.78 is 15.3. The van der Waals surface area contributed by atoms with Gasteiger partial charge in [-0.05, 0) is 111 Å². The van der Waals surface area contributed by atoms with E-state index in [1.54, 1.807) is 0 Å². The summed E-state index contributed by atoms with van der Waals surface area (Å²) in [6.07, 6.45) is 23.8. The van der Waals surface area contributed by atoms with Crippen molar-refractivity contribution < 1.29 is 4.39 Å². The van der Waals surface area contributed by atoms with Crippen LogP contribution in [0.1, 0.15) is 140 Å². The zero-order valence-corrected chi connectivity index (χ0v) is 22.9. The van der Waals surface area contributed by atoms with Gasteiger partial charge in [0.05, 0.1) is 5.02 Å². The smallest absolute Gasteiger partial charge is 0.145 e. The second kappa shape index (κ2) is 13.1. The first-order valence-corrected chi connectivity index (χ1v) is 15.4. The second-order valence-corrected chi connectivity index (χ2v) is 12.7. The Labute approximate surface area is 214 Å². The number of rotatable bonds is 9. The lowest BCUT2D eigenvalue weighted by Gasteiger charge is -2.38. The van der Waals surface area contributed by atoms with Crippen LogP contribution in [0.25, 0.3) is 0 Å². The van der Waals surface area contributed by atoms with E-state index >= 15 is 4.39 Å². The van der Waals surface area contributed by atoms with Crippen molar-refractivity contribution in [2.24, 2.45) is 29.6 Å². The van der Waals surface area contributed by atoms with Gasteiger partial charge in [0.2, 0.25) is 0 Å². The number of aryl methyl sites for hydroxylation is 1. The van der Waals surface area contributed by atoms with Crippen molar-refractivity contribution in [2.45, 2.75) is 135 Å². The van der Waals surface area contributed by atoms with Crippen molar-refractivity contribution in [3.8, 4) is 0 Å². The van der Waals surface area contributed by atoms with Crippen molar-refractivity contribution in [3.05, 3.63) is 34.1 Å². The molecule has 0 unspecified atom stereocenters. The highest BCUT2D eigenvalue weighted by Gasteiger charge is 2.31. The van der Waals surface area contributed by atoms with Gasteiger partial charge in [-0.15, -0.1) is 0 Å². The quantitative estimate of drug-likeness (QED) is 0.324. The monoisotopic (exact) mass is 488 g/mol. The third-order valence-corrected chi connectivity index (χ3v) is 10.6. The van der Waals surface area contributed by atoms with Gasteiger partial charge in [0, 0.05) is 0 Å². The Hall–Kier alpha value is -0.560. The number of benzene rings is 1. The van der Waals surface area contributed by atoms with Gasteiger partial charge in [0.1, 0.15) is 5.82 Å². The molecule has 0 heterocycles. The van der Waals surface area contributed by atoms with Gasteiger partial charge < -0.3 is 0 Å². The summed E-state index contributed by atoms with van der Waals surface area (Å²) in [6.45, 7) is 4.61. The lowest BCUT2D eigenvalue weighted by Crippen LogP contribution is -2.26. The molecule has 0 atom stereocenters. The van der Waals surface area contributed by atoms with Crippen LogP contribution in [0, 0.1) is 35.4 Å². The summed E-state index contributed by atoms with van der Waals surface area (Å²) in [7, 11) is 0. The summed E-state index contributed by atoms with van der Waals surface area (Å²) in [6, 6.07) is 4.23. The summed E-state index contributed by atoms with van der Waals surface area (Å²) in [4.78, 5) is 0. The molecule has 3 aliphatic rings. The van der Waals surface area contributed by atoms with E-state index in [2.05, 4.69) is 26.0 Å². The highest BCUT2D eigenvalue weighted by atomic mass is 35.5. The van der Waals surface area contributed by atoms with Crippen LogP contribution in [0.2, 0.25) is 5.02 Å². The van der Waals surface area contributed by atoms with E-state index in [9.17, 15) is 0 Å². The molecule has 0 aromatic heterocycles. The van der Waals surface area contributed by atoms with Gasteiger partial charge >= 0.3 is 0 Å². The van der Waals surface area contributed by atoms with Crippen molar-refractivity contribution in [1.29, 1.82) is 0 Å². The van der Waals surface area contributed by atoms with Crippen LogP contribution >= 0.6 is 11.6 Å². The molecule has 0 radical (unpaired) electrons. The third-order valence-electron chi connectivity index (χ3n) is 10.1. The molecule has 2 heteroatoms. The van der Waals surface area contributed by atoms with E-state index in [4.69, 9.17) is 11.6 Å². The molecule has 0 amide bonds. The molecule has 3 aliphatic carbocycles. The molecule has 34 heavy (non-hydrogen) atoms. The molecule has 1 aromatic rings. The fraction of sp³-hybridized carbons (Fsp3) is 0.812. The largest absolute Gasteiger partial charge is 0.205 e. The molecule has 0 spiro atoms. The number of hydrogen-bond acceptors (Lipinski definition) is 0. The molecule has 192 valence electrons. The van der Waals surface area contributed by atoms with E-state index in [0.29, 0.717) is 10.9 Å². The third kappa shape index (κ3) is 6.80. The zero-order valence-electron chi connectivity index (χ0n) is 22.1. The standard InChI is InChI=1S/C32H50ClF/c1-3-5-23-7-14-26(15-8-23)27-16-9-25(10-17-27)13-20-29-21-22-30(32(34)31(29)33)28-18-11-24(6-4-2)12-19-28/h21-28H,3-20H2,1-2H3. The van der Waals surface area contributed by atoms with Crippen LogP contribution in [0.15, 0.2) is 12.1 Å². The highest BCUT2D eigenvalue weighted by molar-refractivity contribution is 6.31. The molecule has 0 N–H and O–H groups in total. The average molecular weight is 489 g/mol. The molecular formula is C32H50ClF. The topological polar surface area (TPSA) is 0 Å². The van der Waals surface area contributed by atoms with Crippen LogP contribution in [-0.2, 0) is 6.42 Å². The Bertz CT molecular complexity index is 734. The molecule has 0 nitrogen and oxygen atoms in total. The van der Waals surface area contributed by atoms with Gasteiger partial charge in [-0.25, -0.2) is 4.39 Å². The summed E-state index contributed by atoms with van der Waals surface area (Å²) in [5, 5.41) is 0.422. The first-order chi connectivity index (χ1) is 16.6. The lowest BCUT2D eigenvalue weighted by atomic mass is 9.68. The van der Waals surface area contributed by atoms with Gasteiger partial charge in [0.15, 0.2) is 0 Å². The predicted octanol–water partition coefficient (Wildman–Crippen LogP) is 10.9. The molecule has 3 fully saturated rings. The fourth-order valence-corrected chi connectivity index (χ4v) is 8.21. The molecule has 1 aromatic carbocycles. The van der Waals surface area contributed by atoms with Crippen molar-refractivity contribution >= 4 is 11.6 Å². The lowest BCUT2D eigenvalue weighted by molar-refractivity contribution is 0.141. The minimum atomic E-state index is -0.111. The summed E-state index contributed by atoms with van der Waals surface area (Å²) in [5.41, 5.74) is 1.93. The Morgan fingerprint density at radius 3 is 1.65 bits per heavy atom. The minimum Gasteiger partial charge on any atom is -0.205 e. The van der Waals surface area contributed by atoms with E-state index in [1.807, 2.05) is 0 Å². The Balaban J connectivity index is 1.22. The number of halogens is 2. The fourth-order valence-electron chi connectivity index (χ4n) is 7.95. The molecular weight excluding hydrogens is 439 g/mol. The van der Waals surface area contributed by atoms with E-state index in [-0.39, 0.29) is 5.82 Å². The normalized spacial score (nSPS) is 32.6. The van der Waals surface area contributed by atoms with Crippen LogP contribution < -0.4 is 0 Å². The Morgan fingerprint density at radius 1 is 0.676 bits per heavy atom. The maximum Gasteiger partial charge on any atom is 0.145 e. The maximum absolute atomic E-state index is 15.3. The van der Waals surface area contributed by atoms with Crippen molar-refractivity contribution in [2.75, 3.05) is 0 Å². The average Bonchev–Trinajstić information content (AvgIpc) is 2.87. The van der Waals surface area contributed by atoms with Crippen LogP contribution in [0.3, 0.4) is 0 Å². The van der Waals surface area contributed by atoms with Crippen LogP contribution in [0.4, 0.5) is 4.39 Å². The van der Waals surface area contributed by atoms with Gasteiger partial charge in [0.25, 0.3) is 0 Å². The van der Waals surface area contributed by atoms with E-state index < -0.39 is 0 Å². The van der Waals surface area contributed by atoms with Crippen LogP contribution in [-0.4, -0.2) is 0 Å². The Morgan fingerprint density at radius 2 is 1.15 bits per heavy atom. The minimum absolute atomic E-state index is 0.111. The summed E-state index contributed by atoms with van der Waals surface area (Å²) in [5.74, 6) is 4.91. The first kappa shape index (κ1) is 26.5.